The van der Waals surface area contributed by atoms with Crippen LogP contribution in [0, 0.1) is 0 Å². The van der Waals surface area contributed by atoms with E-state index in [1.807, 2.05) is 0 Å². The number of rotatable bonds is 3. The normalized spacial score (nSPS) is 8.92. The van der Waals surface area contributed by atoms with Crippen molar-refractivity contribution in [3.8, 4) is 0 Å². The van der Waals surface area contributed by atoms with Crippen molar-refractivity contribution in [2.24, 2.45) is 22.9 Å². The molecule has 0 bridgehead atoms. The van der Waals surface area contributed by atoms with E-state index in [4.69, 9.17) is 16.7 Å². The van der Waals surface area contributed by atoms with Crippen molar-refractivity contribution >= 4 is 29.7 Å². The fourth-order valence-electron chi connectivity index (χ4n) is 0.402. The SMILES string of the molecule is CC(=O)NO.CC(N)=O.CNC(=O)CC(N)C(N)=O.CNC(N)=O. The smallest absolute Gasteiger partial charge is 0.311 e. The number of nitrogens with one attached hydrogen (secondary N) is 3. The summed E-state index contributed by atoms with van der Waals surface area (Å²) in [7, 11) is 2.94. The number of hydrogen-bond acceptors (Lipinski definition) is 7. The number of hydrogen-bond donors (Lipinski definition) is 8. The van der Waals surface area contributed by atoms with E-state index >= 15 is 0 Å². The maximum atomic E-state index is 10.5. The van der Waals surface area contributed by atoms with Crippen molar-refractivity contribution in [1.29, 1.82) is 0 Å². The Morgan fingerprint density at radius 1 is 0.958 bits per heavy atom. The van der Waals surface area contributed by atoms with Gasteiger partial charge in [0, 0.05) is 27.9 Å². The van der Waals surface area contributed by atoms with Gasteiger partial charge in [-0.15, -0.1) is 0 Å². The zero-order valence-electron chi connectivity index (χ0n) is 14.1. The molecule has 0 rings (SSSR count). The molecule has 0 saturated heterocycles. The Kier molecular flexibility index (Phi) is 24.4. The highest BCUT2D eigenvalue weighted by Gasteiger charge is 2.12. The average Bonchev–Trinajstić information content (AvgIpc) is 2.47. The second kappa shape index (κ2) is 20.1. The minimum absolute atomic E-state index is 0.0498. The Morgan fingerprint density at radius 2 is 1.25 bits per heavy atom. The van der Waals surface area contributed by atoms with Gasteiger partial charge in [-0.1, -0.05) is 0 Å². The number of urea groups is 1. The molecule has 0 heterocycles. The summed E-state index contributed by atoms with van der Waals surface area (Å²) in [4.78, 5) is 48.9. The number of carbonyl (C=O) groups is 5. The molecule has 12 N–H and O–H groups in total. The number of nitrogens with two attached hydrogens (primary N) is 4. The molecule has 0 aromatic rings. The van der Waals surface area contributed by atoms with E-state index < -0.39 is 23.9 Å². The predicted octanol–water partition coefficient (Wildman–Crippen LogP) is -3.78. The third kappa shape index (κ3) is 50.8. The van der Waals surface area contributed by atoms with Gasteiger partial charge in [-0.2, -0.15) is 0 Å². The standard InChI is InChI=1S/C5H11N3O2.C2H6N2O.C2H5NO2.C2H5NO/c1-8-4(9)2-3(6)5(7)10;1-4-2(3)5;1-2(4)3-5;1-2(3)4/h3H,2,6H2,1H3,(H2,7,10)(H,8,9);1H3,(H3,3,4,5);5H,1H3,(H,3,4);1H3,(H2,3,4). The molecule has 0 aliphatic carbocycles. The van der Waals surface area contributed by atoms with Gasteiger partial charge < -0.3 is 33.6 Å². The quantitative estimate of drug-likeness (QED) is 0.185. The fraction of sp³-hybridized carbons (Fsp3) is 0.545. The van der Waals surface area contributed by atoms with E-state index in [0.717, 1.165) is 0 Å². The number of amides is 6. The van der Waals surface area contributed by atoms with Crippen LogP contribution < -0.4 is 39.0 Å². The molecule has 0 spiro atoms. The first-order valence-electron chi connectivity index (χ1n) is 6.24. The van der Waals surface area contributed by atoms with E-state index in [1.54, 1.807) is 0 Å². The fourth-order valence-corrected chi connectivity index (χ4v) is 0.402. The van der Waals surface area contributed by atoms with E-state index in [9.17, 15) is 24.0 Å². The summed E-state index contributed by atoms with van der Waals surface area (Å²) in [5.74, 6) is -1.72. The topological polar surface area (TPSA) is 246 Å². The number of carbonyl (C=O) groups excluding carboxylic acids is 5. The molecule has 0 radical (unpaired) electrons. The highest BCUT2D eigenvalue weighted by atomic mass is 16.5. The van der Waals surface area contributed by atoms with Gasteiger partial charge in [0.05, 0.1) is 12.5 Å². The van der Waals surface area contributed by atoms with Crippen molar-refractivity contribution in [3.05, 3.63) is 0 Å². The minimum Gasteiger partial charge on any atom is -0.370 e. The van der Waals surface area contributed by atoms with Crippen LogP contribution in [0.5, 0.6) is 0 Å². The molecule has 13 heteroatoms. The Bertz CT molecular complexity index is 384. The summed E-state index contributed by atoms with van der Waals surface area (Å²) >= 11 is 0. The van der Waals surface area contributed by atoms with Crippen molar-refractivity contribution in [1.82, 2.24) is 16.1 Å². The molecule has 13 nitrogen and oxygen atoms in total. The Morgan fingerprint density at radius 3 is 1.38 bits per heavy atom. The molecule has 0 fully saturated rings. The molecular weight excluding hydrogens is 326 g/mol. The lowest BCUT2D eigenvalue weighted by Gasteiger charge is -2.04. The molecule has 1 atom stereocenters. The lowest BCUT2D eigenvalue weighted by Crippen LogP contribution is -2.40. The highest BCUT2D eigenvalue weighted by Crippen LogP contribution is 1.84. The van der Waals surface area contributed by atoms with Gasteiger partial charge in [0.2, 0.25) is 23.6 Å². The first-order valence-corrected chi connectivity index (χ1v) is 6.24. The second-order valence-electron chi connectivity index (χ2n) is 3.78. The van der Waals surface area contributed by atoms with E-state index in [-0.39, 0.29) is 18.2 Å². The molecule has 0 aliphatic rings. The zero-order chi connectivity index (χ0) is 20.3. The van der Waals surface area contributed by atoms with Crippen LogP contribution >= 0.6 is 0 Å². The number of hydroxylamine groups is 1. The molecule has 0 aromatic carbocycles. The van der Waals surface area contributed by atoms with Crippen molar-refractivity contribution < 1.29 is 29.2 Å². The van der Waals surface area contributed by atoms with Crippen LogP contribution in [0.25, 0.3) is 0 Å². The molecule has 142 valence electrons. The van der Waals surface area contributed by atoms with Crippen LogP contribution in [-0.2, 0) is 19.2 Å². The average molecular weight is 353 g/mol. The largest absolute Gasteiger partial charge is 0.370 e. The van der Waals surface area contributed by atoms with E-state index in [2.05, 4.69) is 22.1 Å². The van der Waals surface area contributed by atoms with Gasteiger partial charge in [0.1, 0.15) is 0 Å². The van der Waals surface area contributed by atoms with Gasteiger partial charge in [-0.3, -0.25) is 24.4 Å². The van der Waals surface area contributed by atoms with Gasteiger partial charge in [-0.25, -0.2) is 10.3 Å². The molecule has 6 amide bonds. The van der Waals surface area contributed by atoms with E-state index in [0.29, 0.717) is 0 Å². The van der Waals surface area contributed by atoms with Gasteiger partial charge in [-0.05, 0) is 0 Å². The molecule has 24 heavy (non-hydrogen) atoms. The molecule has 0 aliphatic heterocycles. The Balaban J connectivity index is -0.000000121. The first-order chi connectivity index (χ1) is 10.8. The van der Waals surface area contributed by atoms with Crippen molar-refractivity contribution in [2.75, 3.05) is 14.1 Å². The Hall–Kier alpha value is -2.93. The minimum atomic E-state index is -0.875. The predicted molar refractivity (Wildman–Crippen MR) is 85.0 cm³/mol. The zero-order valence-corrected chi connectivity index (χ0v) is 14.1. The Labute approximate surface area is 139 Å². The lowest BCUT2D eigenvalue weighted by atomic mass is 10.2. The van der Waals surface area contributed by atoms with Gasteiger partial charge >= 0.3 is 6.03 Å². The summed E-state index contributed by atoms with van der Waals surface area (Å²) in [6.07, 6.45) is -0.0498. The van der Waals surface area contributed by atoms with Crippen LogP contribution in [0.15, 0.2) is 0 Å². The summed E-state index contributed by atoms with van der Waals surface area (Å²) in [5.41, 5.74) is 20.4. The lowest BCUT2D eigenvalue weighted by molar-refractivity contribution is -0.127. The first kappa shape index (κ1) is 29.1. The summed E-state index contributed by atoms with van der Waals surface area (Å²) in [6.45, 7) is 2.53. The van der Waals surface area contributed by atoms with Crippen molar-refractivity contribution in [2.45, 2.75) is 26.3 Å². The third-order valence-electron chi connectivity index (χ3n) is 1.45. The molecular formula is C11H27N7O6. The van der Waals surface area contributed by atoms with Crippen LogP contribution in [0.1, 0.15) is 20.3 Å². The number of primary amides is 3. The summed E-state index contributed by atoms with van der Waals surface area (Å²) in [5, 5.41) is 12.0. The van der Waals surface area contributed by atoms with Crippen LogP contribution in [0.3, 0.4) is 0 Å². The van der Waals surface area contributed by atoms with E-state index in [1.165, 1.54) is 33.4 Å². The molecule has 0 saturated carbocycles. The van der Waals surface area contributed by atoms with Gasteiger partial charge in [0.25, 0.3) is 0 Å². The van der Waals surface area contributed by atoms with Crippen LogP contribution in [0.4, 0.5) is 4.79 Å². The third-order valence-corrected chi connectivity index (χ3v) is 1.45. The maximum absolute atomic E-state index is 10.5. The second-order valence-corrected chi connectivity index (χ2v) is 3.78. The summed E-state index contributed by atoms with van der Waals surface area (Å²) < 4.78 is 0. The van der Waals surface area contributed by atoms with Crippen LogP contribution in [0.2, 0.25) is 0 Å². The summed E-state index contributed by atoms with van der Waals surface area (Å²) in [6, 6.07) is -1.37. The molecule has 1 unspecified atom stereocenters. The molecule has 0 aromatic heterocycles. The van der Waals surface area contributed by atoms with Gasteiger partial charge in [0.15, 0.2) is 0 Å². The van der Waals surface area contributed by atoms with Crippen LogP contribution in [-0.4, -0.2) is 55.0 Å². The highest BCUT2D eigenvalue weighted by molar-refractivity contribution is 5.86. The van der Waals surface area contributed by atoms with Crippen molar-refractivity contribution in [3.63, 3.8) is 0 Å². The maximum Gasteiger partial charge on any atom is 0.311 e. The monoisotopic (exact) mass is 353 g/mol.